The fourth-order valence-corrected chi connectivity index (χ4v) is 2.37. The zero-order valence-electron chi connectivity index (χ0n) is 10.6. The number of hydrogen-bond donors (Lipinski definition) is 0. The number of fused-ring (bicyclic) bond motifs is 1. The molecule has 0 aliphatic heterocycles. The topological polar surface area (TPSA) is 17.3 Å². The predicted octanol–water partition coefficient (Wildman–Crippen LogP) is 3.90. The van der Waals surface area contributed by atoms with Crippen LogP contribution in [0.25, 0.3) is 16.9 Å². The molecule has 0 aliphatic rings. The number of imidazole rings is 1. The molecule has 19 heavy (non-hydrogen) atoms. The Kier molecular flexibility index (Phi) is 2.59. The van der Waals surface area contributed by atoms with Crippen molar-refractivity contribution in [2.24, 2.45) is 0 Å². The Morgan fingerprint density at radius 2 is 1.84 bits per heavy atom. The second kappa shape index (κ2) is 4.16. The van der Waals surface area contributed by atoms with Gasteiger partial charge in [0.1, 0.15) is 17.3 Å². The molecule has 0 unspecified atom stereocenters. The fourth-order valence-electron chi connectivity index (χ4n) is 2.37. The van der Waals surface area contributed by atoms with Crippen LogP contribution in [-0.2, 0) is 0 Å². The van der Waals surface area contributed by atoms with Crippen LogP contribution >= 0.6 is 0 Å². The van der Waals surface area contributed by atoms with Crippen molar-refractivity contribution in [3.63, 3.8) is 0 Å². The zero-order chi connectivity index (χ0) is 13.6. The lowest BCUT2D eigenvalue weighted by atomic mass is 10.1. The minimum atomic E-state index is -0.582. The Morgan fingerprint density at radius 1 is 1.05 bits per heavy atom. The summed E-state index contributed by atoms with van der Waals surface area (Å²) in [4.78, 5) is 4.28. The van der Waals surface area contributed by atoms with Crippen LogP contribution in [0.1, 0.15) is 11.3 Å². The third-order valence-electron chi connectivity index (χ3n) is 3.14. The van der Waals surface area contributed by atoms with Gasteiger partial charge in [0.15, 0.2) is 0 Å². The van der Waals surface area contributed by atoms with Crippen molar-refractivity contribution in [2.75, 3.05) is 0 Å². The maximum Gasteiger partial charge on any atom is 0.137 e. The van der Waals surface area contributed by atoms with E-state index in [1.165, 1.54) is 12.1 Å². The summed E-state index contributed by atoms with van der Waals surface area (Å²) in [6, 6.07) is 7.50. The van der Waals surface area contributed by atoms with E-state index in [0.29, 0.717) is 11.3 Å². The molecule has 0 aliphatic carbocycles. The van der Waals surface area contributed by atoms with E-state index in [-0.39, 0.29) is 0 Å². The number of halogens is 2. The molecule has 0 amide bonds. The van der Waals surface area contributed by atoms with Gasteiger partial charge < -0.3 is 0 Å². The van der Waals surface area contributed by atoms with E-state index in [2.05, 4.69) is 4.98 Å². The first kappa shape index (κ1) is 11.8. The van der Waals surface area contributed by atoms with Gasteiger partial charge in [0.25, 0.3) is 0 Å². The smallest absolute Gasteiger partial charge is 0.137 e. The van der Waals surface area contributed by atoms with Crippen LogP contribution in [0.15, 0.2) is 36.5 Å². The number of benzene rings is 1. The Hall–Kier alpha value is -2.23. The maximum absolute atomic E-state index is 13.9. The van der Waals surface area contributed by atoms with Crippen molar-refractivity contribution in [1.29, 1.82) is 0 Å². The van der Waals surface area contributed by atoms with Crippen LogP contribution in [0, 0.1) is 25.5 Å². The van der Waals surface area contributed by atoms with Crippen molar-refractivity contribution >= 4 is 5.65 Å². The summed E-state index contributed by atoms with van der Waals surface area (Å²) in [5.74, 6) is -1.16. The molecular formula is C15H12F2N2. The van der Waals surface area contributed by atoms with Crippen molar-refractivity contribution in [1.82, 2.24) is 9.38 Å². The van der Waals surface area contributed by atoms with Gasteiger partial charge in [0.2, 0.25) is 0 Å². The molecule has 0 saturated heterocycles. The molecule has 2 heterocycles. The number of pyridine rings is 1. The van der Waals surface area contributed by atoms with Gasteiger partial charge in [-0.2, -0.15) is 0 Å². The molecule has 3 aromatic rings. The Bertz CT molecular complexity index is 775. The van der Waals surface area contributed by atoms with Crippen LogP contribution in [0.3, 0.4) is 0 Å². The van der Waals surface area contributed by atoms with Crippen LogP contribution < -0.4 is 0 Å². The van der Waals surface area contributed by atoms with Crippen molar-refractivity contribution in [2.45, 2.75) is 13.8 Å². The first-order valence-electron chi connectivity index (χ1n) is 5.96. The summed E-state index contributed by atoms with van der Waals surface area (Å²) in [5.41, 5.74) is 3.80. The van der Waals surface area contributed by atoms with E-state index < -0.39 is 11.6 Å². The molecule has 0 radical (unpaired) electrons. The molecule has 0 fully saturated rings. The van der Waals surface area contributed by atoms with E-state index in [1.807, 2.05) is 30.4 Å². The van der Waals surface area contributed by atoms with E-state index in [9.17, 15) is 8.78 Å². The van der Waals surface area contributed by atoms with E-state index in [4.69, 9.17) is 0 Å². The molecule has 0 bridgehead atoms. The van der Waals surface area contributed by atoms with Crippen molar-refractivity contribution in [3.8, 4) is 11.3 Å². The average Bonchev–Trinajstić information content (AvgIpc) is 2.72. The van der Waals surface area contributed by atoms with Gasteiger partial charge >= 0.3 is 0 Å². The number of hydrogen-bond acceptors (Lipinski definition) is 1. The van der Waals surface area contributed by atoms with Gasteiger partial charge in [-0.15, -0.1) is 0 Å². The summed E-state index contributed by atoms with van der Waals surface area (Å²) in [5, 5.41) is 0. The largest absolute Gasteiger partial charge is 0.297 e. The lowest BCUT2D eigenvalue weighted by Gasteiger charge is -2.07. The minimum Gasteiger partial charge on any atom is -0.297 e. The van der Waals surface area contributed by atoms with Crippen LogP contribution in [0.2, 0.25) is 0 Å². The lowest BCUT2D eigenvalue weighted by molar-refractivity contribution is 0.585. The first-order valence-corrected chi connectivity index (χ1v) is 5.96. The fraction of sp³-hybridized carbons (Fsp3) is 0.133. The van der Waals surface area contributed by atoms with Crippen LogP contribution in [0.5, 0.6) is 0 Å². The van der Waals surface area contributed by atoms with E-state index >= 15 is 0 Å². The summed E-state index contributed by atoms with van der Waals surface area (Å²) >= 11 is 0. The van der Waals surface area contributed by atoms with Crippen molar-refractivity contribution < 1.29 is 8.78 Å². The van der Waals surface area contributed by atoms with Gasteiger partial charge in [-0.1, -0.05) is 0 Å². The Morgan fingerprint density at radius 3 is 2.58 bits per heavy atom. The molecule has 0 spiro atoms. The molecule has 4 heteroatoms. The molecule has 0 N–H and O–H groups in total. The van der Waals surface area contributed by atoms with E-state index in [0.717, 1.165) is 23.0 Å². The lowest BCUT2D eigenvalue weighted by Crippen LogP contribution is -1.96. The SMILES string of the molecule is Cc1cc(C)n2c(-c3ccc(F)cc3F)cnc2c1. The second-order valence-corrected chi connectivity index (χ2v) is 4.64. The highest BCUT2D eigenvalue weighted by Crippen LogP contribution is 2.26. The number of aromatic nitrogens is 2. The number of rotatable bonds is 1. The zero-order valence-corrected chi connectivity index (χ0v) is 10.6. The van der Waals surface area contributed by atoms with Gasteiger partial charge in [-0.05, 0) is 43.7 Å². The Labute approximate surface area is 109 Å². The number of aryl methyl sites for hydroxylation is 2. The van der Waals surface area contributed by atoms with Crippen LogP contribution in [-0.4, -0.2) is 9.38 Å². The first-order chi connectivity index (χ1) is 9.06. The molecule has 2 aromatic heterocycles. The van der Waals surface area contributed by atoms with Gasteiger partial charge in [0.05, 0.1) is 11.9 Å². The van der Waals surface area contributed by atoms with E-state index in [1.54, 1.807) is 6.20 Å². The molecule has 0 saturated carbocycles. The normalized spacial score (nSPS) is 11.2. The molecular weight excluding hydrogens is 246 g/mol. The third-order valence-corrected chi connectivity index (χ3v) is 3.14. The standard InChI is InChI=1S/C15H12F2N2/c1-9-5-10(2)19-14(8-18-15(19)6-9)12-4-3-11(16)7-13(12)17/h3-8H,1-2H3. The van der Waals surface area contributed by atoms with Gasteiger partial charge in [-0.25, -0.2) is 13.8 Å². The third kappa shape index (κ3) is 1.89. The minimum absolute atomic E-state index is 0.348. The highest BCUT2D eigenvalue weighted by atomic mass is 19.1. The monoisotopic (exact) mass is 258 g/mol. The Balaban J connectivity index is 2.31. The summed E-state index contributed by atoms with van der Waals surface area (Å²) < 4.78 is 28.7. The number of nitrogens with zero attached hydrogens (tertiary/aromatic N) is 2. The molecule has 3 rings (SSSR count). The summed E-state index contributed by atoms with van der Waals surface area (Å²) in [7, 11) is 0. The van der Waals surface area contributed by atoms with Gasteiger partial charge in [0, 0.05) is 17.3 Å². The highest BCUT2D eigenvalue weighted by molar-refractivity contribution is 5.65. The summed E-state index contributed by atoms with van der Waals surface area (Å²) in [6.07, 6.45) is 1.61. The molecule has 0 atom stereocenters. The maximum atomic E-state index is 13.9. The van der Waals surface area contributed by atoms with Crippen molar-refractivity contribution in [3.05, 3.63) is 59.4 Å². The predicted molar refractivity (Wildman–Crippen MR) is 70.0 cm³/mol. The van der Waals surface area contributed by atoms with Gasteiger partial charge in [-0.3, -0.25) is 4.40 Å². The second-order valence-electron chi connectivity index (χ2n) is 4.64. The molecule has 96 valence electrons. The summed E-state index contributed by atoms with van der Waals surface area (Å²) in [6.45, 7) is 3.92. The molecule has 1 aromatic carbocycles. The highest BCUT2D eigenvalue weighted by Gasteiger charge is 2.12. The average molecular weight is 258 g/mol. The molecule has 2 nitrogen and oxygen atoms in total. The van der Waals surface area contributed by atoms with Crippen LogP contribution in [0.4, 0.5) is 8.78 Å². The quantitative estimate of drug-likeness (QED) is 0.647.